The first kappa shape index (κ1) is 33.5. The zero-order valence-electron chi connectivity index (χ0n) is 27.4. The zero-order chi connectivity index (χ0) is 31.7. The molecular formula is C42H38GeIrN2S-2. The summed E-state index contributed by atoms with van der Waals surface area (Å²) in [5.74, 6) is 7.20. The number of pyridine rings is 2. The quantitative estimate of drug-likeness (QED) is 0.130. The minimum atomic E-state index is -1.77. The molecule has 1 aliphatic carbocycles. The van der Waals surface area contributed by atoms with Crippen LogP contribution in [0.4, 0.5) is 0 Å². The molecule has 4 aromatic carbocycles. The van der Waals surface area contributed by atoms with Gasteiger partial charge in [-0.25, -0.2) is 0 Å². The second-order valence-electron chi connectivity index (χ2n) is 13.2. The van der Waals surface area contributed by atoms with Crippen LogP contribution in [0.2, 0.25) is 17.3 Å². The Bertz CT molecular complexity index is 2150. The molecule has 0 N–H and O–H groups in total. The van der Waals surface area contributed by atoms with Crippen LogP contribution in [0.15, 0.2) is 109 Å². The summed E-state index contributed by atoms with van der Waals surface area (Å²) in [6.45, 7) is 2.19. The van der Waals surface area contributed by atoms with E-state index in [-0.39, 0.29) is 20.1 Å². The van der Waals surface area contributed by atoms with Crippen LogP contribution in [-0.4, -0.2) is 23.2 Å². The number of fused-ring (bicyclic) bond motifs is 4. The predicted octanol–water partition coefficient (Wildman–Crippen LogP) is 10.9. The van der Waals surface area contributed by atoms with Crippen molar-refractivity contribution >= 4 is 49.2 Å². The summed E-state index contributed by atoms with van der Waals surface area (Å²) in [7, 11) is 0. The van der Waals surface area contributed by atoms with E-state index in [1.165, 1.54) is 77.2 Å². The van der Waals surface area contributed by atoms with Crippen LogP contribution >= 0.6 is 11.3 Å². The molecule has 1 radical (unpaired) electrons. The van der Waals surface area contributed by atoms with E-state index < -0.39 is 13.3 Å². The summed E-state index contributed by atoms with van der Waals surface area (Å²) in [5.41, 5.74) is 11.2. The van der Waals surface area contributed by atoms with Crippen LogP contribution in [0.5, 0.6) is 0 Å². The molecule has 0 unspecified atom stereocenters. The minimum Gasteiger partial charge on any atom is -0.304 e. The van der Waals surface area contributed by atoms with Crippen molar-refractivity contribution < 1.29 is 20.1 Å². The van der Waals surface area contributed by atoms with Gasteiger partial charge in [0.2, 0.25) is 0 Å². The molecule has 47 heavy (non-hydrogen) atoms. The fourth-order valence-electron chi connectivity index (χ4n) is 6.65. The van der Waals surface area contributed by atoms with Crippen LogP contribution in [-0.2, 0) is 32.9 Å². The summed E-state index contributed by atoms with van der Waals surface area (Å²) >= 11 is 0.0938. The molecule has 0 bridgehead atoms. The van der Waals surface area contributed by atoms with Crippen molar-refractivity contribution in [1.82, 2.24) is 9.97 Å². The third-order valence-corrected chi connectivity index (χ3v) is 14.6. The van der Waals surface area contributed by atoms with Crippen LogP contribution < -0.4 is 4.40 Å². The molecule has 3 heterocycles. The largest absolute Gasteiger partial charge is 0.304 e. The van der Waals surface area contributed by atoms with E-state index in [1.54, 1.807) is 0 Å². The van der Waals surface area contributed by atoms with E-state index in [1.807, 2.05) is 35.7 Å². The zero-order valence-corrected chi connectivity index (χ0v) is 32.7. The molecule has 0 aliphatic heterocycles. The molecule has 3 aromatic heterocycles. The van der Waals surface area contributed by atoms with Crippen LogP contribution in [0.25, 0.3) is 53.8 Å². The van der Waals surface area contributed by atoms with Gasteiger partial charge >= 0.3 is 106 Å². The minimum absolute atomic E-state index is 0. The normalized spacial score (nSPS) is 12.6. The number of hydrogen-bond acceptors (Lipinski definition) is 3. The summed E-state index contributed by atoms with van der Waals surface area (Å²) in [6, 6.07) is 40.9. The Morgan fingerprint density at radius 3 is 2.32 bits per heavy atom. The molecule has 5 heteroatoms. The number of aromatic nitrogens is 2. The molecule has 0 atom stereocenters. The molecule has 0 amide bonds. The van der Waals surface area contributed by atoms with Gasteiger partial charge in [-0.3, -0.25) is 0 Å². The fourth-order valence-corrected chi connectivity index (χ4v) is 11.4. The maximum atomic E-state index is 4.82. The van der Waals surface area contributed by atoms with Crippen molar-refractivity contribution in [3.63, 3.8) is 0 Å². The number of rotatable bonds is 4. The molecule has 2 nitrogen and oxygen atoms in total. The average Bonchev–Trinajstić information content (AvgIpc) is 3.47. The Labute approximate surface area is 299 Å². The summed E-state index contributed by atoms with van der Waals surface area (Å²) < 4.78 is 4.12. The maximum Gasteiger partial charge on any atom is 0.0240 e. The van der Waals surface area contributed by atoms with E-state index in [4.69, 9.17) is 4.98 Å². The van der Waals surface area contributed by atoms with Crippen LogP contribution in [0.3, 0.4) is 0 Å². The second-order valence-corrected chi connectivity index (χ2v) is 24.8. The summed E-state index contributed by atoms with van der Waals surface area (Å²) in [6.07, 6.45) is 8.90. The molecule has 0 saturated carbocycles. The number of hydrogen-bond donors (Lipinski definition) is 0. The number of thiophene rings is 1. The van der Waals surface area contributed by atoms with Gasteiger partial charge in [-0.2, -0.15) is 11.3 Å². The van der Waals surface area contributed by atoms with Crippen molar-refractivity contribution in [3.05, 3.63) is 138 Å². The van der Waals surface area contributed by atoms with Crippen LogP contribution in [0.1, 0.15) is 29.5 Å². The monoisotopic (exact) mass is 869 g/mol. The van der Waals surface area contributed by atoms with E-state index in [0.717, 1.165) is 23.4 Å². The van der Waals surface area contributed by atoms with Crippen molar-refractivity contribution in [2.45, 2.75) is 49.9 Å². The predicted molar refractivity (Wildman–Crippen MR) is 200 cm³/mol. The SMILES string of the molecule is Cc1cc(-c2[c-]cccc2)nc[c]1[Ge]([CH3])([CH3])[CH3].[Ir].[c-]1ccc2c(sc3ccc(-c4ccccc4)cc32)c1-c1nccc2c1CCCC2. The van der Waals surface area contributed by atoms with E-state index in [9.17, 15) is 0 Å². The topological polar surface area (TPSA) is 25.8 Å². The van der Waals surface area contributed by atoms with Gasteiger partial charge in [0.25, 0.3) is 0 Å². The van der Waals surface area contributed by atoms with Crippen molar-refractivity contribution in [2.24, 2.45) is 0 Å². The van der Waals surface area contributed by atoms with Gasteiger partial charge in [0.05, 0.1) is 0 Å². The van der Waals surface area contributed by atoms with Gasteiger partial charge in [-0.05, 0) is 70.8 Å². The van der Waals surface area contributed by atoms with Crippen molar-refractivity contribution in [1.29, 1.82) is 0 Å². The maximum absolute atomic E-state index is 4.82. The van der Waals surface area contributed by atoms with Gasteiger partial charge in [0, 0.05) is 31.0 Å². The molecule has 0 saturated heterocycles. The summed E-state index contributed by atoms with van der Waals surface area (Å²) in [4.78, 5) is 9.41. The number of aryl methyl sites for hydroxylation is 2. The Balaban J connectivity index is 0.000000185. The first-order valence-corrected chi connectivity index (χ1v) is 24.4. The molecule has 0 spiro atoms. The number of nitrogens with zero attached hydrogens (tertiary/aromatic N) is 2. The van der Waals surface area contributed by atoms with Gasteiger partial charge in [0.1, 0.15) is 0 Å². The molecule has 1 aliphatic rings. The first-order chi connectivity index (χ1) is 22.4. The Hall–Kier alpha value is -3.41. The van der Waals surface area contributed by atoms with Crippen molar-refractivity contribution in [3.8, 4) is 33.6 Å². The van der Waals surface area contributed by atoms with Crippen LogP contribution in [0, 0.1) is 19.1 Å². The second kappa shape index (κ2) is 14.4. The third-order valence-electron chi connectivity index (χ3n) is 8.95. The fraction of sp³-hybridized carbons (Fsp3) is 0.190. The Kier molecular flexibility index (Phi) is 10.2. The molecule has 237 valence electrons. The molecule has 8 rings (SSSR count). The Morgan fingerprint density at radius 2 is 1.55 bits per heavy atom. The number of benzene rings is 4. The van der Waals surface area contributed by atoms with E-state index in [0.29, 0.717) is 0 Å². The van der Waals surface area contributed by atoms with E-state index >= 15 is 0 Å². The summed E-state index contributed by atoms with van der Waals surface area (Å²) in [5, 5.41) is 2.64. The average molecular weight is 868 g/mol. The van der Waals surface area contributed by atoms with Gasteiger partial charge in [0.15, 0.2) is 0 Å². The molecule has 7 aromatic rings. The smallest absolute Gasteiger partial charge is 0.0240 e. The van der Waals surface area contributed by atoms with E-state index in [2.05, 4.69) is 126 Å². The standard InChI is InChI=1S/C27H20NS.C15H18GeN.Ir/c1-2-7-18(8-3-1)20-13-14-25-24(17-20)22-11-6-12-23(27(22)29-25)26-21-10-5-4-9-19(21)15-16-28-26;1-12-10-15(13-8-6-5-7-9-13)17-11-14(12)16(2,3)4;/h1-3,6-8,11,13-17H,4-5,9-10H2;5-8,10-11H,1-4H3;/q2*-1;. The van der Waals surface area contributed by atoms with Crippen molar-refractivity contribution in [2.75, 3.05) is 0 Å². The molecular weight excluding hydrogens is 829 g/mol. The molecule has 0 fully saturated rings. The van der Waals surface area contributed by atoms with Gasteiger partial charge in [-0.1, -0.05) is 52.9 Å². The van der Waals surface area contributed by atoms with Gasteiger partial charge in [-0.15, -0.1) is 23.8 Å². The Morgan fingerprint density at radius 1 is 0.745 bits per heavy atom. The third kappa shape index (κ3) is 7.08. The van der Waals surface area contributed by atoms with Gasteiger partial charge < -0.3 is 4.98 Å². The first-order valence-electron chi connectivity index (χ1n) is 16.2.